The van der Waals surface area contributed by atoms with Crippen molar-refractivity contribution in [1.29, 1.82) is 0 Å². The van der Waals surface area contributed by atoms with Gasteiger partial charge >= 0.3 is 0 Å². The van der Waals surface area contributed by atoms with E-state index in [1.165, 1.54) is 0 Å². The SMILES string of the molecule is CCOCN(C(=O)Cn1c(C2CC(=O)N(c3cccc(Br)c3)C2)nc2ccccc21)c1c(C)cccc1CC. The van der Waals surface area contributed by atoms with Crippen LogP contribution in [-0.4, -0.2) is 41.2 Å². The van der Waals surface area contributed by atoms with Crippen molar-refractivity contribution >= 4 is 50.2 Å². The molecule has 1 aliphatic heterocycles. The molecule has 0 aliphatic carbocycles. The Morgan fingerprint density at radius 3 is 2.67 bits per heavy atom. The summed E-state index contributed by atoms with van der Waals surface area (Å²) < 4.78 is 8.69. The molecule has 4 aromatic rings. The molecule has 1 fully saturated rings. The number of amides is 2. The number of halogens is 1. The van der Waals surface area contributed by atoms with E-state index >= 15 is 0 Å². The molecule has 202 valence electrons. The minimum Gasteiger partial charge on any atom is -0.361 e. The van der Waals surface area contributed by atoms with E-state index in [9.17, 15) is 9.59 Å². The summed E-state index contributed by atoms with van der Waals surface area (Å²) in [4.78, 5) is 35.7. The second kappa shape index (κ2) is 11.7. The van der Waals surface area contributed by atoms with Gasteiger partial charge in [-0.2, -0.15) is 0 Å². The van der Waals surface area contributed by atoms with Gasteiger partial charge in [0, 0.05) is 35.7 Å². The van der Waals surface area contributed by atoms with Gasteiger partial charge in [-0.05, 0) is 61.7 Å². The van der Waals surface area contributed by atoms with E-state index in [4.69, 9.17) is 9.72 Å². The summed E-state index contributed by atoms with van der Waals surface area (Å²) in [5.41, 5.74) is 5.58. The molecule has 1 aromatic heterocycles. The Morgan fingerprint density at radius 1 is 1.10 bits per heavy atom. The minimum atomic E-state index is -0.137. The Hall–Kier alpha value is -3.49. The highest BCUT2D eigenvalue weighted by atomic mass is 79.9. The lowest BCUT2D eigenvalue weighted by Crippen LogP contribution is -2.37. The first-order valence-electron chi connectivity index (χ1n) is 13.4. The number of benzene rings is 3. The first-order chi connectivity index (χ1) is 18.9. The van der Waals surface area contributed by atoms with Gasteiger partial charge in [0.1, 0.15) is 19.1 Å². The number of aromatic nitrogens is 2. The van der Waals surface area contributed by atoms with Gasteiger partial charge in [-0.3, -0.25) is 14.5 Å². The number of ether oxygens (including phenoxy) is 1. The van der Waals surface area contributed by atoms with Crippen LogP contribution in [0.2, 0.25) is 0 Å². The van der Waals surface area contributed by atoms with E-state index in [0.717, 1.165) is 50.3 Å². The summed E-state index contributed by atoms with van der Waals surface area (Å²) in [7, 11) is 0. The van der Waals surface area contributed by atoms with E-state index in [-0.39, 0.29) is 31.0 Å². The van der Waals surface area contributed by atoms with Crippen LogP contribution in [0.25, 0.3) is 11.0 Å². The molecule has 3 aromatic carbocycles. The number of nitrogens with zero attached hydrogens (tertiary/aromatic N) is 4. The van der Waals surface area contributed by atoms with Crippen LogP contribution in [0.4, 0.5) is 11.4 Å². The van der Waals surface area contributed by atoms with Crippen LogP contribution in [-0.2, 0) is 27.3 Å². The van der Waals surface area contributed by atoms with Crippen LogP contribution < -0.4 is 9.80 Å². The highest BCUT2D eigenvalue weighted by Gasteiger charge is 2.35. The number of hydrogen-bond donors (Lipinski definition) is 0. The molecule has 1 unspecified atom stereocenters. The molecular weight excluding hydrogens is 556 g/mol. The molecule has 5 rings (SSSR count). The van der Waals surface area contributed by atoms with Gasteiger partial charge in [-0.1, -0.05) is 59.3 Å². The number of fused-ring (bicyclic) bond motifs is 1. The molecule has 0 radical (unpaired) electrons. The Balaban J connectivity index is 1.51. The van der Waals surface area contributed by atoms with Crippen LogP contribution >= 0.6 is 15.9 Å². The topological polar surface area (TPSA) is 67.7 Å². The Kier molecular flexibility index (Phi) is 8.14. The summed E-state index contributed by atoms with van der Waals surface area (Å²) in [5, 5.41) is 0. The van der Waals surface area contributed by atoms with E-state index < -0.39 is 0 Å². The molecule has 39 heavy (non-hydrogen) atoms. The number of carbonyl (C=O) groups excluding carboxylic acids is 2. The molecule has 0 N–H and O–H groups in total. The van der Waals surface area contributed by atoms with Crippen LogP contribution in [0, 0.1) is 6.92 Å². The molecule has 0 spiro atoms. The van der Waals surface area contributed by atoms with Crippen molar-refractivity contribution in [1.82, 2.24) is 9.55 Å². The number of anilines is 2. The zero-order chi connectivity index (χ0) is 27.5. The third kappa shape index (κ3) is 5.49. The average molecular weight is 590 g/mol. The van der Waals surface area contributed by atoms with E-state index in [0.29, 0.717) is 19.6 Å². The molecular formula is C31H33BrN4O3. The molecule has 0 saturated carbocycles. The number of hydrogen-bond acceptors (Lipinski definition) is 4. The molecule has 1 saturated heterocycles. The zero-order valence-electron chi connectivity index (χ0n) is 22.6. The van der Waals surface area contributed by atoms with E-state index in [1.54, 1.807) is 4.90 Å². The number of carbonyl (C=O) groups is 2. The minimum absolute atomic E-state index is 0.0495. The van der Waals surface area contributed by atoms with E-state index in [2.05, 4.69) is 28.9 Å². The third-order valence-electron chi connectivity index (χ3n) is 7.29. The monoisotopic (exact) mass is 588 g/mol. The third-order valence-corrected chi connectivity index (χ3v) is 7.78. The van der Waals surface area contributed by atoms with Crippen molar-refractivity contribution in [2.24, 2.45) is 0 Å². The van der Waals surface area contributed by atoms with Crippen molar-refractivity contribution in [3.05, 3.63) is 88.2 Å². The number of aryl methyl sites for hydroxylation is 2. The van der Waals surface area contributed by atoms with Gasteiger partial charge in [0.05, 0.1) is 16.7 Å². The van der Waals surface area contributed by atoms with Gasteiger partial charge in [0.2, 0.25) is 11.8 Å². The molecule has 2 amide bonds. The fraction of sp³-hybridized carbons (Fsp3) is 0.323. The van der Waals surface area contributed by atoms with Gasteiger partial charge in [-0.15, -0.1) is 0 Å². The first-order valence-corrected chi connectivity index (χ1v) is 14.2. The van der Waals surface area contributed by atoms with Gasteiger partial charge in [0.15, 0.2) is 0 Å². The maximum Gasteiger partial charge on any atom is 0.248 e. The van der Waals surface area contributed by atoms with E-state index in [1.807, 2.05) is 84.0 Å². The van der Waals surface area contributed by atoms with Crippen LogP contribution in [0.5, 0.6) is 0 Å². The van der Waals surface area contributed by atoms with Gasteiger partial charge in [-0.25, -0.2) is 4.98 Å². The molecule has 0 bridgehead atoms. The maximum absolute atomic E-state index is 14.1. The molecule has 1 atom stereocenters. The Morgan fingerprint density at radius 2 is 1.90 bits per heavy atom. The highest BCUT2D eigenvalue weighted by Crippen LogP contribution is 2.34. The normalized spacial score (nSPS) is 15.3. The summed E-state index contributed by atoms with van der Waals surface area (Å²) in [6.07, 6.45) is 1.15. The van der Waals surface area contributed by atoms with Crippen molar-refractivity contribution in [2.75, 3.05) is 29.7 Å². The van der Waals surface area contributed by atoms with Gasteiger partial charge in [0.25, 0.3) is 0 Å². The number of imidazole rings is 1. The quantitative estimate of drug-likeness (QED) is 0.218. The lowest BCUT2D eigenvalue weighted by Gasteiger charge is -2.27. The predicted octanol–water partition coefficient (Wildman–Crippen LogP) is 6.22. The lowest BCUT2D eigenvalue weighted by molar-refractivity contribution is -0.120. The first kappa shape index (κ1) is 27.1. The van der Waals surface area contributed by atoms with Crippen LogP contribution in [0.1, 0.15) is 43.1 Å². The largest absolute Gasteiger partial charge is 0.361 e. The van der Waals surface area contributed by atoms with Crippen molar-refractivity contribution in [3.63, 3.8) is 0 Å². The second-order valence-electron chi connectivity index (χ2n) is 9.81. The van der Waals surface area contributed by atoms with Gasteiger partial charge < -0.3 is 14.2 Å². The van der Waals surface area contributed by atoms with Crippen LogP contribution in [0.15, 0.2) is 71.2 Å². The smallest absolute Gasteiger partial charge is 0.248 e. The number of rotatable bonds is 9. The fourth-order valence-electron chi connectivity index (χ4n) is 5.40. The maximum atomic E-state index is 14.1. The Bertz CT molecular complexity index is 1520. The average Bonchev–Trinajstić information content (AvgIpc) is 3.50. The molecule has 8 heteroatoms. The summed E-state index contributed by atoms with van der Waals surface area (Å²) >= 11 is 3.51. The molecule has 1 aliphatic rings. The predicted molar refractivity (Wildman–Crippen MR) is 158 cm³/mol. The zero-order valence-corrected chi connectivity index (χ0v) is 24.1. The van der Waals surface area contributed by atoms with Crippen molar-refractivity contribution in [3.8, 4) is 0 Å². The van der Waals surface area contributed by atoms with Crippen molar-refractivity contribution in [2.45, 2.75) is 46.1 Å². The summed E-state index contributed by atoms with van der Waals surface area (Å²) in [6, 6.07) is 21.7. The summed E-state index contributed by atoms with van der Waals surface area (Å²) in [5.74, 6) is 0.590. The highest BCUT2D eigenvalue weighted by molar-refractivity contribution is 9.10. The molecule has 2 heterocycles. The summed E-state index contributed by atoms with van der Waals surface area (Å²) in [6.45, 7) is 7.34. The standard InChI is InChI=1S/C31H33BrN4O3/c1-4-22-11-8-10-21(3)30(22)36(20-39-5-2)29(38)19-35-27-15-7-6-14-26(27)33-31(35)23-16-28(37)34(18-23)25-13-9-12-24(32)17-25/h6-15,17,23H,4-5,16,18-20H2,1-3H3. The Labute approximate surface area is 237 Å². The molecule has 7 nitrogen and oxygen atoms in total. The van der Waals surface area contributed by atoms with Crippen LogP contribution in [0.3, 0.4) is 0 Å². The number of para-hydroxylation sites is 3. The second-order valence-corrected chi connectivity index (χ2v) is 10.7. The van der Waals surface area contributed by atoms with Crippen molar-refractivity contribution < 1.29 is 14.3 Å². The lowest BCUT2D eigenvalue weighted by atomic mass is 10.0. The fourth-order valence-corrected chi connectivity index (χ4v) is 5.79.